The standard InChI is InChI=1S/C14H23N3/c1-4-12(5-2)13-6-7-17(9-13)14-8-11(3)15-10-16-14/h8,10,12-13H,4-7,9H2,1-3H3. The maximum atomic E-state index is 4.38. The minimum Gasteiger partial charge on any atom is -0.356 e. The molecule has 0 bridgehead atoms. The lowest BCUT2D eigenvalue weighted by atomic mass is 9.87. The van der Waals surface area contributed by atoms with Crippen LogP contribution >= 0.6 is 0 Å². The Kier molecular flexibility index (Phi) is 3.97. The van der Waals surface area contributed by atoms with Crippen LogP contribution in [0.1, 0.15) is 38.8 Å². The monoisotopic (exact) mass is 233 g/mol. The van der Waals surface area contributed by atoms with Crippen LogP contribution < -0.4 is 4.90 Å². The van der Waals surface area contributed by atoms with Crippen LogP contribution in [-0.4, -0.2) is 23.1 Å². The number of anilines is 1. The quantitative estimate of drug-likeness (QED) is 0.800. The molecule has 1 fully saturated rings. The average Bonchev–Trinajstić information content (AvgIpc) is 2.80. The summed E-state index contributed by atoms with van der Waals surface area (Å²) in [6.07, 6.45) is 5.60. The fraction of sp³-hybridized carbons (Fsp3) is 0.714. The Morgan fingerprint density at radius 2 is 2.12 bits per heavy atom. The molecule has 2 heterocycles. The van der Waals surface area contributed by atoms with Crippen LogP contribution in [0.2, 0.25) is 0 Å². The third-order valence-corrected chi connectivity index (χ3v) is 4.05. The molecule has 1 aromatic heterocycles. The summed E-state index contributed by atoms with van der Waals surface area (Å²) in [6, 6.07) is 2.09. The van der Waals surface area contributed by atoms with E-state index in [1.54, 1.807) is 6.33 Å². The van der Waals surface area contributed by atoms with E-state index in [-0.39, 0.29) is 0 Å². The van der Waals surface area contributed by atoms with E-state index in [1.165, 1.54) is 25.8 Å². The van der Waals surface area contributed by atoms with Crippen LogP contribution in [0.3, 0.4) is 0 Å². The number of hydrogen-bond donors (Lipinski definition) is 0. The summed E-state index contributed by atoms with van der Waals surface area (Å²) in [5, 5.41) is 0. The van der Waals surface area contributed by atoms with Crippen LogP contribution in [0.15, 0.2) is 12.4 Å². The molecule has 1 saturated heterocycles. The van der Waals surface area contributed by atoms with E-state index in [0.29, 0.717) is 0 Å². The van der Waals surface area contributed by atoms with E-state index in [2.05, 4.69) is 34.8 Å². The smallest absolute Gasteiger partial charge is 0.132 e. The van der Waals surface area contributed by atoms with Gasteiger partial charge in [0.2, 0.25) is 0 Å². The van der Waals surface area contributed by atoms with Gasteiger partial charge in [-0.15, -0.1) is 0 Å². The minimum absolute atomic E-state index is 0.847. The molecule has 0 radical (unpaired) electrons. The van der Waals surface area contributed by atoms with E-state index in [1.807, 2.05) is 6.92 Å². The number of nitrogens with zero attached hydrogens (tertiary/aromatic N) is 3. The van der Waals surface area contributed by atoms with Gasteiger partial charge in [0.25, 0.3) is 0 Å². The SMILES string of the molecule is CCC(CC)C1CCN(c2cc(C)ncn2)C1. The molecule has 3 heteroatoms. The lowest BCUT2D eigenvalue weighted by Crippen LogP contribution is -2.23. The Bertz CT molecular complexity index is 360. The summed E-state index contributed by atoms with van der Waals surface area (Å²) in [4.78, 5) is 11.0. The minimum atomic E-state index is 0.847. The van der Waals surface area contributed by atoms with Crippen molar-refractivity contribution in [1.82, 2.24) is 9.97 Å². The number of aryl methyl sites for hydroxylation is 1. The average molecular weight is 233 g/mol. The van der Waals surface area contributed by atoms with Crippen molar-refractivity contribution in [1.29, 1.82) is 0 Å². The molecular formula is C14H23N3. The number of aromatic nitrogens is 2. The van der Waals surface area contributed by atoms with Gasteiger partial charge >= 0.3 is 0 Å². The van der Waals surface area contributed by atoms with Crippen LogP contribution in [0.5, 0.6) is 0 Å². The van der Waals surface area contributed by atoms with Crippen molar-refractivity contribution in [3.63, 3.8) is 0 Å². The normalized spacial score (nSPS) is 20.2. The maximum absolute atomic E-state index is 4.38. The van der Waals surface area contributed by atoms with Gasteiger partial charge in [0, 0.05) is 24.8 Å². The summed E-state index contributed by atoms with van der Waals surface area (Å²) in [6.45, 7) is 8.97. The second-order valence-corrected chi connectivity index (χ2v) is 5.09. The van der Waals surface area contributed by atoms with Gasteiger partial charge in [0.05, 0.1) is 0 Å². The first kappa shape index (κ1) is 12.3. The molecule has 94 valence electrons. The molecule has 3 nitrogen and oxygen atoms in total. The highest BCUT2D eigenvalue weighted by Crippen LogP contribution is 2.30. The van der Waals surface area contributed by atoms with Gasteiger partial charge < -0.3 is 4.90 Å². The van der Waals surface area contributed by atoms with Gasteiger partial charge in [-0.3, -0.25) is 0 Å². The summed E-state index contributed by atoms with van der Waals surface area (Å²) in [5.41, 5.74) is 1.06. The zero-order valence-electron chi connectivity index (χ0n) is 11.2. The molecular weight excluding hydrogens is 210 g/mol. The van der Waals surface area contributed by atoms with E-state index in [9.17, 15) is 0 Å². The Hall–Kier alpha value is -1.12. The van der Waals surface area contributed by atoms with Crippen molar-refractivity contribution >= 4 is 5.82 Å². The first-order valence-electron chi connectivity index (χ1n) is 6.78. The van der Waals surface area contributed by atoms with Gasteiger partial charge in [-0.1, -0.05) is 26.7 Å². The van der Waals surface area contributed by atoms with E-state index < -0.39 is 0 Å². The van der Waals surface area contributed by atoms with Gasteiger partial charge in [0.15, 0.2) is 0 Å². The summed E-state index contributed by atoms with van der Waals surface area (Å²) in [7, 11) is 0. The van der Waals surface area contributed by atoms with Crippen LogP contribution in [0.25, 0.3) is 0 Å². The molecule has 1 aliphatic heterocycles. The zero-order valence-corrected chi connectivity index (χ0v) is 11.2. The fourth-order valence-electron chi connectivity index (χ4n) is 2.95. The summed E-state index contributed by atoms with van der Waals surface area (Å²) < 4.78 is 0. The van der Waals surface area contributed by atoms with Crippen LogP contribution in [0, 0.1) is 18.8 Å². The highest BCUT2D eigenvalue weighted by atomic mass is 15.2. The largest absolute Gasteiger partial charge is 0.356 e. The Balaban J connectivity index is 2.02. The third-order valence-electron chi connectivity index (χ3n) is 4.05. The van der Waals surface area contributed by atoms with E-state index in [0.717, 1.165) is 29.9 Å². The summed E-state index contributed by atoms with van der Waals surface area (Å²) >= 11 is 0. The van der Waals surface area contributed by atoms with Crippen molar-refractivity contribution in [3.8, 4) is 0 Å². The molecule has 0 N–H and O–H groups in total. The predicted octanol–water partition coefficient (Wildman–Crippen LogP) is 3.05. The highest BCUT2D eigenvalue weighted by Gasteiger charge is 2.28. The molecule has 2 rings (SSSR count). The molecule has 1 unspecified atom stereocenters. The highest BCUT2D eigenvalue weighted by molar-refractivity contribution is 5.39. The first-order chi connectivity index (χ1) is 8.24. The Morgan fingerprint density at radius 3 is 2.76 bits per heavy atom. The molecule has 0 spiro atoms. The maximum Gasteiger partial charge on any atom is 0.132 e. The van der Waals surface area contributed by atoms with Gasteiger partial charge in [-0.25, -0.2) is 9.97 Å². The number of rotatable bonds is 4. The molecule has 0 aliphatic carbocycles. The Labute approximate surface area is 104 Å². The number of hydrogen-bond acceptors (Lipinski definition) is 3. The lowest BCUT2D eigenvalue weighted by Gasteiger charge is -2.22. The van der Waals surface area contributed by atoms with E-state index >= 15 is 0 Å². The molecule has 17 heavy (non-hydrogen) atoms. The molecule has 1 aromatic rings. The van der Waals surface area contributed by atoms with Gasteiger partial charge in [0.1, 0.15) is 12.1 Å². The van der Waals surface area contributed by atoms with Crippen molar-refractivity contribution in [3.05, 3.63) is 18.1 Å². The van der Waals surface area contributed by atoms with Gasteiger partial charge in [-0.05, 0) is 25.2 Å². The molecule has 0 saturated carbocycles. The predicted molar refractivity (Wildman–Crippen MR) is 71.2 cm³/mol. The van der Waals surface area contributed by atoms with Crippen molar-refractivity contribution in [2.24, 2.45) is 11.8 Å². The van der Waals surface area contributed by atoms with Crippen molar-refractivity contribution in [2.45, 2.75) is 40.0 Å². The zero-order chi connectivity index (χ0) is 12.3. The first-order valence-corrected chi connectivity index (χ1v) is 6.78. The van der Waals surface area contributed by atoms with Crippen LogP contribution in [-0.2, 0) is 0 Å². The second-order valence-electron chi connectivity index (χ2n) is 5.09. The molecule has 0 amide bonds. The summed E-state index contributed by atoms with van der Waals surface area (Å²) in [5.74, 6) is 2.83. The van der Waals surface area contributed by atoms with Crippen molar-refractivity contribution in [2.75, 3.05) is 18.0 Å². The third kappa shape index (κ3) is 2.76. The Morgan fingerprint density at radius 1 is 1.35 bits per heavy atom. The van der Waals surface area contributed by atoms with Crippen molar-refractivity contribution < 1.29 is 0 Å². The lowest BCUT2D eigenvalue weighted by molar-refractivity contribution is 0.339. The second kappa shape index (κ2) is 5.48. The molecule has 0 aromatic carbocycles. The molecule has 1 atom stereocenters. The van der Waals surface area contributed by atoms with E-state index in [4.69, 9.17) is 0 Å². The van der Waals surface area contributed by atoms with Crippen LogP contribution in [0.4, 0.5) is 5.82 Å². The fourth-order valence-corrected chi connectivity index (χ4v) is 2.95. The van der Waals surface area contributed by atoms with Gasteiger partial charge in [-0.2, -0.15) is 0 Å². The molecule has 1 aliphatic rings. The topological polar surface area (TPSA) is 29.0 Å².